The van der Waals surface area contributed by atoms with Gasteiger partial charge in [0.1, 0.15) is 16.9 Å². The summed E-state index contributed by atoms with van der Waals surface area (Å²) in [5.74, 6) is 0.369. The van der Waals surface area contributed by atoms with Crippen LogP contribution in [0.4, 0.5) is 0 Å². The molecule has 27 heavy (non-hydrogen) atoms. The van der Waals surface area contributed by atoms with E-state index in [9.17, 15) is 9.59 Å². The first kappa shape index (κ1) is 18.0. The molecule has 0 N–H and O–H groups in total. The van der Waals surface area contributed by atoms with Gasteiger partial charge in [0.05, 0.1) is 19.3 Å². The van der Waals surface area contributed by atoms with Gasteiger partial charge in [-0.3, -0.25) is 9.69 Å². The standard InChI is InChI=1S/C20H24N2O5/c1-13(2)26-16-4-3-14-9-17(20(24)27-18(14)10-16)19(23)22-11-15(12-22)21-5-7-25-8-6-21/h3-4,9-10,13,15H,5-8,11-12H2,1-2H3. The minimum Gasteiger partial charge on any atom is -0.491 e. The van der Waals surface area contributed by atoms with Crippen LogP contribution in [0.2, 0.25) is 0 Å². The third kappa shape index (κ3) is 3.70. The SMILES string of the molecule is CC(C)Oc1ccc2cc(C(=O)N3CC(N4CCOCC4)C3)c(=O)oc2c1. The van der Waals surface area contributed by atoms with Crippen LogP contribution in [0.25, 0.3) is 11.0 Å². The largest absolute Gasteiger partial charge is 0.491 e. The number of benzene rings is 1. The first-order valence-electron chi connectivity index (χ1n) is 9.37. The van der Waals surface area contributed by atoms with E-state index in [4.69, 9.17) is 13.9 Å². The summed E-state index contributed by atoms with van der Waals surface area (Å²) in [4.78, 5) is 29.1. The van der Waals surface area contributed by atoms with Gasteiger partial charge in [0.2, 0.25) is 0 Å². The number of fused-ring (bicyclic) bond motifs is 1. The highest BCUT2D eigenvalue weighted by Gasteiger charge is 2.36. The Bertz CT molecular complexity index is 895. The average molecular weight is 372 g/mol. The maximum absolute atomic E-state index is 12.7. The van der Waals surface area contributed by atoms with Crippen LogP contribution in [0, 0.1) is 0 Å². The molecule has 2 aliphatic heterocycles. The third-order valence-corrected chi connectivity index (χ3v) is 5.02. The van der Waals surface area contributed by atoms with Crippen LogP contribution in [-0.2, 0) is 4.74 Å². The Morgan fingerprint density at radius 3 is 2.63 bits per heavy atom. The molecule has 2 aliphatic rings. The molecule has 0 saturated carbocycles. The molecule has 0 atom stereocenters. The van der Waals surface area contributed by atoms with Crippen LogP contribution in [0.15, 0.2) is 33.5 Å². The van der Waals surface area contributed by atoms with Gasteiger partial charge in [0, 0.05) is 43.7 Å². The predicted molar refractivity (Wildman–Crippen MR) is 100 cm³/mol. The van der Waals surface area contributed by atoms with Crippen molar-refractivity contribution in [2.45, 2.75) is 26.0 Å². The van der Waals surface area contributed by atoms with Gasteiger partial charge in [0.15, 0.2) is 0 Å². The van der Waals surface area contributed by atoms with Crippen LogP contribution < -0.4 is 10.4 Å². The lowest BCUT2D eigenvalue weighted by molar-refractivity contribution is -0.0257. The van der Waals surface area contributed by atoms with E-state index in [1.165, 1.54) is 0 Å². The molecule has 3 heterocycles. The molecule has 0 bridgehead atoms. The smallest absolute Gasteiger partial charge is 0.349 e. The number of rotatable bonds is 4. The summed E-state index contributed by atoms with van der Waals surface area (Å²) >= 11 is 0. The fourth-order valence-corrected chi connectivity index (χ4v) is 3.55. The van der Waals surface area contributed by atoms with E-state index in [2.05, 4.69) is 4.90 Å². The van der Waals surface area contributed by atoms with Crippen LogP contribution in [0.1, 0.15) is 24.2 Å². The molecule has 2 fully saturated rings. The topological polar surface area (TPSA) is 72.2 Å². The molecule has 0 radical (unpaired) electrons. The van der Waals surface area contributed by atoms with E-state index in [1.807, 2.05) is 19.9 Å². The number of hydrogen-bond acceptors (Lipinski definition) is 6. The maximum Gasteiger partial charge on any atom is 0.349 e. The van der Waals surface area contributed by atoms with Gasteiger partial charge in [-0.25, -0.2) is 4.79 Å². The summed E-state index contributed by atoms with van der Waals surface area (Å²) in [6.07, 6.45) is 0.0286. The van der Waals surface area contributed by atoms with Gasteiger partial charge in [-0.2, -0.15) is 0 Å². The predicted octanol–water partition coefficient (Wildman–Crippen LogP) is 1.74. The number of ether oxygens (including phenoxy) is 2. The molecule has 7 nitrogen and oxygen atoms in total. The number of carbonyl (C=O) groups excluding carboxylic acids is 1. The summed E-state index contributed by atoms with van der Waals surface area (Å²) in [5, 5.41) is 0.708. The average Bonchev–Trinajstić information content (AvgIpc) is 2.60. The lowest BCUT2D eigenvalue weighted by atomic mass is 10.0. The zero-order valence-electron chi connectivity index (χ0n) is 15.6. The summed E-state index contributed by atoms with van der Waals surface area (Å²) in [6, 6.07) is 7.27. The lowest BCUT2D eigenvalue weighted by Gasteiger charge is -2.46. The summed E-state index contributed by atoms with van der Waals surface area (Å²) in [7, 11) is 0. The van der Waals surface area contributed by atoms with Crippen molar-refractivity contribution in [1.82, 2.24) is 9.80 Å². The number of nitrogens with zero attached hydrogens (tertiary/aromatic N) is 2. The van der Waals surface area contributed by atoms with E-state index in [-0.39, 0.29) is 17.6 Å². The molecule has 2 saturated heterocycles. The van der Waals surface area contributed by atoms with Gasteiger partial charge in [-0.1, -0.05) is 0 Å². The maximum atomic E-state index is 12.7. The Balaban J connectivity index is 1.49. The molecular weight excluding hydrogens is 348 g/mol. The second-order valence-corrected chi connectivity index (χ2v) is 7.33. The second kappa shape index (κ2) is 7.32. The van der Waals surface area contributed by atoms with Gasteiger partial charge >= 0.3 is 5.63 Å². The van der Waals surface area contributed by atoms with Gasteiger partial charge in [-0.15, -0.1) is 0 Å². The number of likely N-dealkylation sites (tertiary alicyclic amines) is 1. The molecule has 1 aromatic carbocycles. The Labute approximate surface area is 157 Å². The summed E-state index contributed by atoms with van der Waals surface area (Å²) in [6.45, 7) is 8.40. The number of morpholine rings is 1. The Hall–Kier alpha value is -2.38. The van der Waals surface area contributed by atoms with E-state index in [0.717, 1.165) is 26.3 Å². The van der Waals surface area contributed by atoms with E-state index in [0.29, 0.717) is 35.9 Å². The molecule has 144 valence electrons. The molecule has 0 unspecified atom stereocenters. The number of carbonyl (C=O) groups is 1. The minimum absolute atomic E-state index is 0.0286. The van der Waals surface area contributed by atoms with Crippen molar-refractivity contribution in [2.75, 3.05) is 39.4 Å². The molecule has 0 aliphatic carbocycles. The van der Waals surface area contributed by atoms with Crippen LogP contribution >= 0.6 is 0 Å². The van der Waals surface area contributed by atoms with Crippen LogP contribution in [-0.4, -0.2) is 67.2 Å². The Morgan fingerprint density at radius 2 is 1.93 bits per heavy atom. The molecule has 1 amide bonds. The molecule has 1 aromatic heterocycles. The van der Waals surface area contributed by atoms with E-state index < -0.39 is 5.63 Å². The summed E-state index contributed by atoms with van der Waals surface area (Å²) in [5.41, 5.74) is -0.103. The molecule has 2 aromatic rings. The fourth-order valence-electron chi connectivity index (χ4n) is 3.55. The van der Waals surface area contributed by atoms with Crippen molar-refractivity contribution in [3.8, 4) is 5.75 Å². The lowest BCUT2D eigenvalue weighted by Crippen LogP contribution is -2.63. The quantitative estimate of drug-likeness (QED) is 0.762. The number of hydrogen-bond donors (Lipinski definition) is 0. The third-order valence-electron chi connectivity index (χ3n) is 5.02. The van der Waals surface area contributed by atoms with Crippen molar-refractivity contribution in [1.29, 1.82) is 0 Å². The zero-order chi connectivity index (χ0) is 19.0. The Morgan fingerprint density at radius 1 is 1.19 bits per heavy atom. The van der Waals surface area contributed by atoms with Crippen LogP contribution in [0.5, 0.6) is 5.75 Å². The minimum atomic E-state index is -0.607. The molecular formula is C20H24N2O5. The molecule has 4 rings (SSSR count). The fraction of sp³-hybridized carbons (Fsp3) is 0.500. The van der Waals surface area contributed by atoms with Crippen molar-refractivity contribution < 1.29 is 18.7 Å². The van der Waals surface area contributed by atoms with Gasteiger partial charge in [0.25, 0.3) is 5.91 Å². The molecule has 0 spiro atoms. The monoisotopic (exact) mass is 372 g/mol. The normalized spacial score (nSPS) is 18.7. The van der Waals surface area contributed by atoms with E-state index >= 15 is 0 Å². The van der Waals surface area contributed by atoms with Crippen molar-refractivity contribution in [2.24, 2.45) is 0 Å². The van der Waals surface area contributed by atoms with Crippen molar-refractivity contribution >= 4 is 16.9 Å². The molecule has 7 heteroatoms. The zero-order valence-corrected chi connectivity index (χ0v) is 15.6. The van der Waals surface area contributed by atoms with Crippen LogP contribution in [0.3, 0.4) is 0 Å². The first-order chi connectivity index (χ1) is 13.0. The highest BCUT2D eigenvalue weighted by atomic mass is 16.5. The Kier molecular flexibility index (Phi) is 4.88. The highest BCUT2D eigenvalue weighted by molar-refractivity contribution is 5.97. The van der Waals surface area contributed by atoms with Gasteiger partial charge in [-0.05, 0) is 32.0 Å². The summed E-state index contributed by atoms with van der Waals surface area (Å²) < 4.78 is 16.4. The van der Waals surface area contributed by atoms with Crippen molar-refractivity contribution in [3.05, 3.63) is 40.2 Å². The highest BCUT2D eigenvalue weighted by Crippen LogP contribution is 2.23. The number of amides is 1. The van der Waals surface area contributed by atoms with Gasteiger partial charge < -0.3 is 18.8 Å². The van der Waals surface area contributed by atoms with Crippen molar-refractivity contribution in [3.63, 3.8) is 0 Å². The van der Waals surface area contributed by atoms with E-state index in [1.54, 1.807) is 23.1 Å². The first-order valence-corrected chi connectivity index (χ1v) is 9.37. The second-order valence-electron chi connectivity index (χ2n) is 7.33.